The Morgan fingerprint density at radius 3 is 2.33 bits per heavy atom. The van der Waals surface area contributed by atoms with Gasteiger partial charge in [0, 0.05) is 49.2 Å². The van der Waals surface area contributed by atoms with Gasteiger partial charge in [0.05, 0.1) is 11.7 Å². The van der Waals surface area contributed by atoms with Crippen LogP contribution in [0.25, 0.3) is 27.8 Å². The Hall–Kier alpha value is -4.09. The summed E-state index contributed by atoms with van der Waals surface area (Å²) >= 11 is 0. The largest absolute Gasteiger partial charge is 0.489 e. The first-order chi connectivity index (χ1) is 17.7. The highest BCUT2D eigenvalue weighted by atomic mass is 16.5. The van der Waals surface area contributed by atoms with Crippen LogP contribution in [-0.4, -0.2) is 47.7 Å². The Kier molecular flexibility index (Phi) is 6.14. The molecule has 1 saturated heterocycles. The lowest BCUT2D eigenvalue weighted by Gasteiger charge is -2.34. The molecular weight excluding hydrogens is 444 g/mol. The van der Waals surface area contributed by atoms with Crippen molar-refractivity contribution in [1.82, 2.24) is 14.5 Å². The average Bonchev–Trinajstić information content (AvgIpc) is 3.37. The van der Waals surface area contributed by atoms with E-state index in [-0.39, 0.29) is 0 Å². The molecule has 0 amide bonds. The highest BCUT2D eigenvalue weighted by Gasteiger charge is 2.15. The van der Waals surface area contributed by atoms with Gasteiger partial charge in [0.1, 0.15) is 12.4 Å². The van der Waals surface area contributed by atoms with Crippen LogP contribution < -0.4 is 9.64 Å². The Balaban J connectivity index is 1.20. The summed E-state index contributed by atoms with van der Waals surface area (Å²) < 4.78 is 8.00. The Bertz CT molecular complexity index is 1450. The van der Waals surface area contributed by atoms with Gasteiger partial charge < -0.3 is 14.5 Å². The molecule has 0 spiro atoms. The van der Waals surface area contributed by atoms with E-state index in [4.69, 9.17) is 4.74 Å². The van der Waals surface area contributed by atoms with Crippen molar-refractivity contribution < 1.29 is 4.74 Å². The van der Waals surface area contributed by atoms with E-state index in [1.807, 2.05) is 41.0 Å². The van der Waals surface area contributed by atoms with Gasteiger partial charge in [0.25, 0.3) is 0 Å². The number of benzene rings is 3. The van der Waals surface area contributed by atoms with Crippen LogP contribution in [0.1, 0.15) is 5.56 Å². The number of likely N-dealkylation sites (N-methyl/N-ethyl adjacent to an activating group) is 1. The molecule has 180 valence electrons. The molecule has 3 aromatic carbocycles. The predicted octanol–water partition coefficient (Wildman–Crippen LogP) is 6.00. The molecule has 1 aliphatic heterocycles. The van der Waals surface area contributed by atoms with Crippen LogP contribution >= 0.6 is 0 Å². The fraction of sp³-hybridized carbons (Fsp3) is 0.194. The van der Waals surface area contributed by atoms with E-state index in [1.165, 1.54) is 11.3 Å². The molecule has 3 heterocycles. The van der Waals surface area contributed by atoms with Crippen molar-refractivity contribution in [3.05, 3.63) is 109 Å². The number of aromatic nitrogens is 2. The van der Waals surface area contributed by atoms with Gasteiger partial charge in [-0.25, -0.2) is 4.52 Å². The molecule has 36 heavy (non-hydrogen) atoms. The summed E-state index contributed by atoms with van der Waals surface area (Å²) in [4.78, 5) is 4.84. The summed E-state index contributed by atoms with van der Waals surface area (Å²) in [7, 11) is 2.19. The smallest absolute Gasteiger partial charge is 0.120 e. The van der Waals surface area contributed by atoms with Gasteiger partial charge in [0.2, 0.25) is 0 Å². The first kappa shape index (κ1) is 22.4. The van der Waals surface area contributed by atoms with E-state index < -0.39 is 0 Å². The third-order valence-electron chi connectivity index (χ3n) is 6.98. The molecule has 1 fully saturated rings. The second-order valence-electron chi connectivity index (χ2n) is 9.45. The topological polar surface area (TPSA) is 33.0 Å². The molecule has 0 aliphatic carbocycles. The third kappa shape index (κ3) is 4.70. The maximum Gasteiger partial charge on any atom is 0.120 e. The zero-order valence-corrected chi connectivity index (χ0v) is 20.5. The quantitative estimate of drug-likeness (QED) is 0.302. The molecule has 5 aromatic rings. The maximum absolute atomic E-state index is 6.03. The molecule has 1 aliphatic rings. The molecule has 0 radical (unpaired) electrons. The van der Waals surface area contributed by atoms with Gasteiger partial charge in [-0.05, 0) is 54.1 Å². The summed E-state index contributed by atoms with van der Waals surface area (Å²) in [5, 5.41) is 4.67. The highest BCUT2D eigenvalue weighted by molar-refractivity contribution is 5.82. The molecule has 0 atom stereocenters. The third-order valence-corrected chi connectivity index (χ3v) is 6.98. The van der Waals surface area contributed by atoms with Gasteiger partial charge in [0.15, 0.2) is 0 Å². The van der Waals surface area contributed by atoms with Gasteiger partial charge in [-0.15, -0.1) is 0 Å². The Morgan fingerprint density at radius 1 is 0.750 bits per heavy atom. The summed E-state index contributed by atoms with van der Waals surface area (Å²) in [6, 6.07) is 31.7. The second-order valence-corrected chi connectivity index (χ2v) is 9.45. The second kappa shape index (κ2) is 9.88. The standard InChI is InChI=1S/C31H30N4O/c1-33-16-18-34(19-17-33)28-13-10-25(11-14-28)30-21-32-35-22-27(12-15-31(30)35)26-8-5-9-29(20-26)36-23-24-6-3-2-4-7-24/h2-15,20-22H,16-19,23H2,1H3. The Morgan fingerprint density at radius 2 is 1.53 bits per heavy atom. The Labute approximate surface area is 212 Å². The number of hydrogen-bond acceptors (Lipinski definition) is 4. The lowest BCUT2D eigenvalue weighted by Crippen LogP contribution is -2.44. The van der Waals surface area contributed by atoms with Gasteiger partial charge in [-0.1, -0.05) is 60.7 Å². The fourth-order valence-corrected chi connectivity index (χ4v) is 4.80. The number of hydrogen-bond donors (Lipinski definition) is 0. The van der Waals surface area contributed by atoms with Crippen LogP contribution in [0.5, 0.6) is 5.75 Å². The predicted molar refractivity (Wildman–Crippen MR) is 147 cm³/mol. The van der Waals surface area contributed by atoms with Crippen LogP contribution in [0.3, 0.4) is 0 Å². The summed E-state index contributed by atoms with van der Waals surface area (Å²) in [6.07, 6.45) is 4.05. The van der Waals surface area contributed by atoms with E-state index in [0.717, 1.165) is 59.7 Å². The van der Waals surface area contributed by atoms with Crippen LogP contribution in [0, 0.1) is 0 Å². The number of fused-ring (bicyclic) bond motifs is 1. The highest BCUT2D eigenvalue weighted by Crippen LogP contribution is 2.30. The summed E-state index contributed by atoms with van der Waals surface area (Å²) in [6.45, 7) is 4.93. The van der Waals surface area contributed by atoms with Crippen molar-refractivity contribution in [3.8, 4) is 28.0 Å². The normalized spacial score (nSPS) is 14.3. The number of piperazine rings is 1. The molecule has 0 bridgehead atoms. The molecule has 0 saturated carbocycles. The van der Waals surface area contributed by atoms with Crippen molar-refractivity contribution in [2.75, 3.05) is 38.1 Å². The maximum atomic E-state index is 6.03. The summed E-state index contributed by atoms with van der Waals surface area (Å²) in [5.74, 6) is 0.859. The number of anilines is 1. The monoisotopic (exact) mass is 474 g/mol. The molecule has 2 aromatic heterocycles. The van der Waals surface area contributed by atoms with Gasteiger partial charge in [-0.3, -0.25) is 0 Å². The van der Waals surface area contributed by atoms with Crippen molar-refractivity contribution in [3.63, 3.8) is 0 Å². The van der Waals surface area contributed by atoms with Crippen molar-refractivity contribution in [1.29, 1.82) is 0 Å². The van der Waals surface area contributed by atoms with E-state index in [0.29, 0.717) is 6.61 Å². The number of nitrogens with zero attached hydrogens (tertiary/aromatic N) is 4. The summed E-state index contributed by atoms with van der Waals surface area (Å²) in [5.41, 5.74) is 8.09. The van der Waals surface area contributed by atoms with Gasteiger partial charge in [-0.2, -0.15) is 5.10 Å². The van der Waals surface area contributed by atoms with E-state index in [2.05, 4.69) is 88.8 Å². The first-order valence-electron chi connectivity index (χ1n) is 12.5. The van der Waals surface area contributed by atoms with Gasteiger partial charge >= 0.3 is 0 Å². The van der Waals surface area contributed by atoms with Crippen molar-refractivity contribution in [2.45, 2.75) is 6.61 Å². The van der Waals surface area contributed by atoms with Crippen molar-refractivity contribution in [2.24, 2.45) is 0 Å². The zero-order chi connectivity index (χ0) is 24.3. The van der Waals surface area contributed by atoms with Crippen molar-refractivity contribution >= 4 is 11.2 Å². The van der Waals surface area contributed by atoms with E-state index >= 15 is 0 Å². The lowest BCUT2D eigenvalue weighted by atomic mass is 10.0. The molecule has 6 rings (SSSR count). The molecule has 0 unspecified atom stereocenters. The SMILES string of the molecule is CN1CCN(c2ccc(-c3cnn4cc(-c5cccc(OCc6ccccc6)c5)ccc34)cc2)CC1. The molecule has 0 N–H and O–H groups in total. The lowest BCUT2D eigenvalue weighted by molar-refractivity contribution is 0.306. The average molecular weight is 475 g/mol. The number of pyridine rings is 1. The minimum Gasteiger partial charge on any atom is -0.489 e. The van der Waals surface area contributed by atoms with E-state index in [9.17, 15) is 0 Å². The first-order valence-corrected chi connectivity index (χ1v) is 12.5. The zero-order valence-electron chi connectivity index (χ0n) is 20.5. The molecule has 5 nitrogen and oxygen atoms in total. The number of rotatable bonds is 6. The molecule has 5 heteroatoms. The van der Waals surface area contributed by atoms with E-state index in [1.54, 1.807) is 0 Å². The molecular formula is C31H30N4O. The van der Waals surface area contributed by atoms with Crippen LogP contribution in [-0.2, 0) is 6.61 Å². The minimum atomic E-state index is 0.555. The van der Waals surface area contributed by atoms with Crippen LogP contribution in [0.15, 0.2) is 103 Å². The van der Waals surface area contributed by atoms with Crippen LogP contribution in [0.4, 0.5) is 5.69 Å². The minimum absolute atomic E-state index is 0.555. The number of ether oxygens (including phenoxy) is 1. The van der Waals surface area contributed by atoms with Crippen LogP contribution in [0.2, 0.25) is 0 Å². The fourth-order valence-electron chi connectivity index (χ4n) is 4.80.